The van der Waals surface area contributed by atoms with E-state index in [-0.39, 0.29) is 28.8 Å². The molecule has 7 bridgehead atoms. The van der Waals surface area contributed by atoms with E-state index in [2.05, 4.69) is 25.3 Å². The van der Waals surface area contributed by atoms with E-state index in [1.165, 1.54) is 19.4 Å². The van der Waals surface area contributed by atoms with Crippen molar-refractivity contribution in [1.29, 1.82) is 0 Å². The maximum Gasteiger partial charge on any atom is 0.140 e. The molecule has 1 N–H and O–H groups in total. The molecule has 0 radical (unpaired) electrons. The molecular weight excluding hydrogens is 338 g/mol. The third kappa shape index (κ3) is 1.51. The first-order valence-corrected chi connectivity index (χ1v) is 11.0. The van der Waals surface area contributed by atoms with Gasteiger partial charge < -0.3 is 9.84 Å². The van der Waals surface area contributed by atoms with Crippen LogP contribution in [-0.4, -0.2) is 54.2 Å². The van der Waals surface area contributed by atoms with Crippen molar-refractivity contribution in [2.75, 3.05) is 20.2 Å². The Bertz CT molecular complexity index is 750. The summed E-state index contributed by atoms with van der Waals surface area (Å²) in [7, 11) is 1.88. The fourth-order valence-corrected chi connectivity index (χ4v) is 10.0. The molecular formula is C23H33NO3. The first-order chi connectivity index (χ1) is 12.9. The Labute approximate surface area is 162 Å². The monoisotopic (exact) mass is 371 g/mol. The molecule has 10 atom stereocenters. The number of likely N-dealkylation sites (tertiary alicyclic amines) is 1. The molecule has 0 amide bonds. The molecule has 6 fully saturated rings. The standard InChI is InChI=1S/C23H33NO3/c1-5-24-11-21(3)7-6-18(27-4)23-16(21)8-14(19(23)24)22-10-13(12(2)20(22)26)15(25)9-17(22)23/h13-14,16-20,26H,2,5-11H2,1,3-4H3/t13-,14+,16-,17-,18+,19-,20-,21+,22+,23+/m1/s1. The van der Waals surface area contributed by atoms with E-state index in [9.17, 15) is 9.90 Å². The number of carbonyl (C=O) groups excluding carboxylic acids is 1. The number of hydrogen-bond acceptors (Lipinski definition) is 4. The maximum atomic E-state index is 13.1. The zero-order chi connectivity index (χ0) is 18.9. The molecule has 6 rings (SSSR count). The molecule has 0 unspecified atom stereocenters. The minimum absolute atomic E-state index is 0.0346. The predicted octanol–water partition coefficient (Wildman–Crippen LogP) is 2.65. The van der Waals surface area contributed by atoms with Gasteiger partial charge in [-0.1, -0.05) is 20.4 Å². The zero-order valence-corrected chi connectivity index (χ0v) is 16.9. The lowest BCUT2D eigenvalue weighted by atomic mass is 9.43. The fourth-order valence-electron chi connectivity index (χ4n) is 10.0. The van der Waals surface area contributed by atoms with Crippen LogP contribution in [0.15, 0.2) is 12.2 Å². The molecule has 27 heavy (non-hydrogen) atoms. The van der Waals surface area contributed by atoms with Crippen molar-refractivity contribution in [2.45, 2.75) is 64.2 Å². The summed E-state index contributed by atoms with van der Waals surface area (Å²) in [6.07, 6.45) is 4.72. The average molecular weight is 372 g/mol. The Hall–Kier alpha value is -0.710. The number of Topliss-reactive ketones (excluding diaryl/α,β-unsaturated/α-hetero) is 1. The van der Waals surface area contributed by atoms with E-state index in [4.69, 9.17) is 4.74 Å². The first-order valence-electron chi connectivity index (χ1n) is 11.0. The molecule has 0 aromatic carbocycles. The summed E-state index contributed by atoms with van der Waals surface area (Å²) in [5.74, 6) is 1.60. The lowest BCUT2D eigenvalue weighted by Gasteiger charge is -2.65. The van der Waals surface area contributed by atoms with Gasteiger partial charge in [0, 0.05) is 42.9 Å². The molecule has 1 aliphatic heterocycles. The van der Waals surface area contributed by atoms with Crippen molar-refractivity contribution in [3.63, 3.8) is 0 Å². The largest absolute Gasteiger partial charge is 0.388 e. The van der Waals surface area contributed by atoms with Crippen molar-refractivity contribution in [2.24, 2.45) is 39.9 Å². The Morgan fingerprint density at radius 1 is 1.37 bits per heavy atom. The molecule has 1 heterocycles. The maximum absolute atomic E-state index is 13.1. The lowest BCUT2D eigenvalue weighted by molar-refractivity contribution is -0.218. The van der Waals surface area contributed by atoms with E-state index >= 15 is 0 Å². The van der Waals surface area contributed by atoms with Crippen LogP contribution in [0, 0.1) is 39.9 Å². The number of methoxy groups -OCH3 is 1. The molecule has 4 nitrogen and oxygen atoms in total. The van der Waals surface area contributed by atoms with Crippen LogP contribution in [0.1, 0.15) is 46.0 Å². The summed E-state index contributed by atoms with van der Waals surface area (Å²) in [6.45, 7) is 11.2. The molecule has 2 spiro atoms. The SMILES string of the molecule is C=C1[C@H]2C[C@@]3([C@@H]1O)[C@@H](CC2=O)[C@@]12[C@@H](OC)CC[C@@]4(C)CN(CC)[C@@H]1[C@@H]3C[C@H]42. The van der Waals surface area contributed by atoms with Crippen molar-refractivity contribution in [3.8, 4) is 0 Å². The summed E-state index contributed by atoms with van der Waals surface area (Å²) in [5.41, 5.74) is 1.03. The molecule has 0 aromatic heterocycles. The van der Waals surface area contributed by atoms with Gasteiger partial charge in [-0.15, -0.1) is 0 Å². The average Bonchev–Trinajstić information content (AvgIpc) is 3.16. The van der Waals surface area contributed by atoms with E-state index in [0.29, 0.717) is 35.5 Å². The number of nitrogens with zero attached hydrogens (tertiary/aromatic N) is 1. The van der Waals surface area contributed by atoms with Gasteiger partial charge in [-0.25, -0.2) is 0 Å². The Balaban J connectivity index is 1.62. The summed E-state index contributed by atoms with van der Waals surface area (Å²) in [5, 5.41) is 11.5. The molecule has 4 heteroatoms. The highest BCUT2D eigenvalue weighted by atomic mass is 16.5. The second kappa shape index (κ2) is 4.88. The number of piperidine rings is 1. The van der Waals surface area contributed by atoms with Gasteiger partial charge in [-0.2, -0.15) is 0 Å². The number of ether oxygens (including phenoxy) is 1. The minimum Gasteiger partial charge on any atom is -0.388 e. The number of rotatable bonds is 2. The van der Waals surface area contributed by atoms with Gasteiger partial charge in [-0.3, -0.25) is 9.69 Å². The van der Waals surface area contributed by atoms with Crippen molar-refractivity contribution >= 4 is 5.78 Å². The van der Waals surface area contributed by atoms with E-state index in [1.807, 2.05) is 7.11 Å². The number of carbonyl (C=O) groups is 1. The number of aliphatic hydroxyl groups excluding tert-OH is 1. The minimum atomic E-state index is -0.505. The number of ketones is 1. The zero-order valence-electron chi connectivity index (χ0n) is 16.9. The van der Waals surface area contributed by atoms with Crippen LogP contribution < -0.4 is 0 Å². The molecule has 0 aromatic rings. The third-order valence-corrected chi connectivity index (χ3v) is 10.6. The van der Waals surface area contributed by atoms with Crippen LogP contribution in [-0.2, 0) is 9.53 Å². The molecule has 148 valence electrons. The van der Waals surface area contributed by atoms with Gasteiger partial charge >= 0.3 is 0 Å². The van der Waals surface area contributed by atoms with Crippen LogP contribution in [0.5, 0.6) is 0 Å². The summed E-state index contributed by atoms with van der Waals surface area (Å²) in [6, 6.07) is 0.461. The van der Waals surface area contributed by atoms with Crippen molar-refractivity contribution in [3.05, 3.63) is 12.2 Å². The second-order valence-corrected chi connectivity index (χ2v) is 10.9. The van der Waals surface area contributed by atoms with Gasteiger partial charge in [0.05, 0.1) is 12.2 Å². The second-order valence-electron chi connectivity index (χ2n) is 10.9. The molecule has 5 saturated carbocycles. The number of fused-ring (bicyclic) bond motifs is 1. The predicted molar refractivity (Wildman–Crippen MR) is 102 cm³/mol. The van der Waals surface area contributed by atoms with Gasteiger partial charge in [0.2, 0.25) is 0 Å². The van der Waals surface area contributed by atoms with Gasteiger partial charge in [0.1, 0.15) is 5.78 Å². The van der Waals surface area contributed by atoms with Crippen molar-refractivity contribution in [1.82, 2.24) is 4.90 Å². The Morgan fingerprint density at radius 2 is 2.15 bits per heavy atom. The van der Waals surface area contributed by atoms with Crippen LogP contribution >= 0.6 is 0 Å². The van der Waals surface area contributed by atoms with Crippen LogP contribution in [0.3, 0.4) is 0 Å². The van der Waals surface area contributed by atoms with E-state index in [1.54, 1.807) is 0 Å². The number of hydrogen-bond donors (Lipinski definition) is 1. The summed E-state index contributed by atoms with van der Waals surface area (Å²) >= 11 is 0. The first kappa shape index (κ1) is 17.2. The highest BCUT2D eigenvalue weighted by Crippen LogP contribution is 2.83. The molecule has 5 aliphatic carbocycles. The van der Waals surface area contributed by atoms with Gasteiger partial charge in [-0.05, 0) is 61.0 Å². The topological polar surface area (TPSA) is 49.8 Å². The van der Waals surface area contributed by atoms with E-state index < -0.39 is 6.10 Å². The molecule has 1 saturated heterocycles. The Morgan fingerprint density at radius 3 is 2.85 bits per heavy atom. The fraction of sp³-hybridized carbons (Fsp3) is 0.870. The van der Waals surface area contributed by atoms with Gasteiger partial charge in [0.25, 0.3) is 0 Å². The highest BCUT2D eigenvalue weighted by molar-refractivity contribution is 5.87. The molecule has 6 aliphatic rings. The quantitative estimate of drug-likeness (QED) is 0.758. The normalized spacial score (nSPS) is 60.8. The van der Waals surface area contributed by atoms with E-state index in [0.717, 1.165) is 25.0 Å². The Kier molecular flexibility index (Phi) is 3.10. The smallest absolute Gasteiger partial charge is 0.140 e. The van der Waals surface area contributed by atoms with Crippen molar-refractivity contribution < 1.29 is 14.6 Å². The van der Waals surface area contributed by atoms with Crippen LogP contribution in [0.25, 0.3) is 0 Å². The van der Waals surface area contributed by atoms with Crippen LogP contribution in [0.2, 0.25) is 0 Å². The lowest BCUT2D eigenvalue weighted by Crippen LogP contribution is -2.68. The van der Waals surface area contributed by atoms with Gasteiger partial charge in [0.15, 0.2) is 0 Å². The number of aliphatic hydroxyl groups is 1. The summed E-state index contributed by atoms with van der Waals surface area (Å²) < 4.78 is 6.22. The highest BCUT2D eigenvalue weighted by Gasteiger charge is 2.85. The van der Waals surface area contributed by atoms with Crippen LogP contribution in [0.4, 0.5) is 0 Å². The third-order valence-electron chi connectivity index (χ3n) is 10.6. The summed E-state index contributed by atoms with van der Waals surface area (Å²) in [4.78, 5) is 15.8.